The topological polar surface area (TPSA) is 89.9 Å². The molecule has 0 bridgehead atoms. The van der Waals surface area contributed by atoms with Crippen molar-refractivity contribution < 1.29 is 19.8 Å². The van der Waals surface area contributed by atoms with Crippen LogP contribution in [0, 0.1) is 5.92 Å². The Morgan fingerprint density at radius 2 is 1.90 bits per heavy atom. The van der Waals surface area contributed by atoms with Gasteiger partial charge in [0, 0.05) is 19.6 Å². The fraction of sp³-hybridized carbons (Fsp3) is 0.429. The highest BCUT2D eigenvalue weighted by Gasteiger charge is 2.22. The summed E-state index contributed by atoms with van der Waals surface area (Å²) < 4.78 is 0. The first-order valence-electron chi connectivity index (χ1n) is 6.62. The Morgan fingerprint density at radius 1 is 1.25 bits per heavy atom. The maximum Gasteiger partial charge on any atom is 0.407 e. The highest BCUT2D eigenvalue weighted by Crippen LogP contribution is 2.18. The van der Waals surface area contributed by atoms with Crippen LogP contribution in [0.4, 0.5) is 4.79 Å². The SMILES string of the molecule is O=C(NCC1CCN(C(=O)O)CC1)c1ccccc1O. The summed E-state index contributed by atoms with van der Waals surface area (Å²) >= 11 is 0. The lowest BCUT2D eigenvalue weighted by Crippen LogP contribution is -2.40. The third kappa shape index (κ3) is 3.40. The van der Waals surface area contributed by atoms with Crippen molar-refractivity contribution in [2.24, 2.45) is 5.92 Å². The monoisotopic (exact) mass is 278 g/mol. The largest absolute Gasteiger partial charge is 0.507 e. The van der Waals surface area contributed by atoms with Gasteiger partial charge >= 0.3 is 6.09 Å². The van der Waals surface area contributed by atoms with E-state index in [-0.39, 0.29) is 23.1 Å². The number of amides is 2. The number of hydrogen-bond donors (Lipinski definition) is 3. The number of rotatable bonds is 3. The number of aromatic hydroxyl groups is 1. The number of carboxylic acid groups (broad SMARTS) is 1. The molecule has 6 heteroatoms. The van der Waals surface area contributed by atoms with E-state index in [1.807, 2.05) is 0 Å². The van der Waals surface area contributed by atoms with Gasteiger partial charge in [-0.3, -0.25) is 4.79 Å². The van der Waals surface area contributed by atoms with Crippen LogP contribution in [0.1, 0.15) is 23.2 Å². The average Bonchev–Trinajstić information content (AvgIpc) is 2.45. The number of phenols is 1. The molecule has 1 fully saturated rings. The van der Waals surface area contributed by atoms with E-state index in [1.165, 1.54) is 11.0 Å². The fourth-order valence-electron chi connectivity index (χ4n) is 2.33. The Hall–Kier alpha value is -2.24. The van der Waals surface area contributed by atoms with Crippen LogP contribution in [0.25, 0.3) is 0 Å². The molecule has 0 atom stereocenters. The van der Waals surface area contributed by atoms with Crippen molar-refractivity contribution in [1.82, 2.24) is 10.2 Å². The molecule has 2 amide bonds. The highest BCUT2D eigenvalue weighted by atomic mass is 16.4. The second-order valence-electron chi connectivity index (χ2n) is 4.94. The van der Waals surface area contributed by atoms with Gasteiger partial charge in [-0.2, -0.15) is 0 Å². The predicted molar refractivity (Wildman–Crippen MR) is 72.8 cm³/mol. The van der Waals surface area contributed by atoms with Gasteiger partial charge in [0.05, 0.1) is 5.56 Å². The normalized spacial score (nSPS) is 15.9. The third-order valence-electron chi connectivity index (χ3n) is 3.59. The van der Waals surface area contributed by atoms with Crippen molar-refractivity contribution in [3.63, 3.8) is 0 Å². The van der Waals surface area contributed by atoms with Gasteiger partial charge in [0.1, 0.15) is 5.75 Å². The molecule has 20 heavy (non-hydrogen) atoms. The van der Waals surface area contributed by atoms with Crippen LogP contribution in [0.5, 0.6) is 5.75 Å². The van der Waals surface area contributed by atoms with E-state index < -0.39 is 6.09 Å². The van der Waals surface area contributed by atoms with Crippen molar-refractivity contribution in [3.05, 3.63) is 29.8 Å². The summed E-state index contributed by atoms with van der Waals surface area (Å²) in [4.78, 5) is 24.1. The van der Waals surface area contributed by atoms with Crippen molar-refractivity contribution in [2.75, 3.05) is 19.6 Å². The minimum absolute atomic E-state index is 0.0364. The Labute approximate surface area is 117 Å². The van der Waals surface area contributed by atoms with E-state index >= 15 is 0 Å². The quantitative estimate of drug-likeness (QED) is 0.781. The molecule has 0 radical (unpaired) electrons. The van der Waals surface area contributed by atoms with E-state index in [0.29, 0.717) is 19.6 Å². The third-order valence-corrected chi connectivity index (χ3v) is 3.59. The van der Waals surface area contributed by atoms with Crippen LogP contribution in [0.3, 0.4) is 0 Å². The number of benzene rings is 1. The Bertz CT molecular complexity index is 496. The van der Waals surface area contributed by atoms with Crippen LogP contribution in [-0.4, -0.2) is 46.7 Å². The molecule has 108 valence electrons. The number of nitrogens with zero attached hydrogens (tertiary/aromatic N) is 1. The molecule has 1 saturated heterocycles. The zero-order valence-electron chi connectivity index (χ0n) is 11.1. The first kappa shape index (κ1) is 14.2. The lowest BCUT2D eigenvalue weighted by Gasteiger charge is -2.30. The van der Waals surface area contributed by atoms with Gasteiger partial charge in [0.15, 0.2) is 0 Å². The molecule has 3 N–H and O–H groups in total. The van der Waals surface area contributed by atoms with Crippen molar-refractivity contribution in [1.29, 1.82) is 0 Å². The lowest BCUT2D eigenvalue weighted by atomic mass is 9.97. The minimum Gasteiger partial charge on any atom is -0.507 e. The highest BCUT2D eigenvalue weighted by molar-refractivity contribution is 5.96. The maximum atomic E-state index is 11.9. The van der Waals surface area contributed by atoms with Gasteiger partial charge in [-0.05, 0) is 30.9 Å². The number of carbonyl (C=O) groups excluding carboxylic acids is 1. The van der Waals surface area contributed by atoms with Crippen molar-refractivity contribution >= 4 is 12.0 Å². The number of hydrogen-bond acceptors (Lipinski definition) is 3. The molecule has 0 unspecified atom stereocenters. The molecule has 0 saturated carbocycles. The zero-order chi connectivity index (χ0) is 14.5. The molecule has 6 nitrogen and oxygen atoms in total. The smallest absolute Gasteiger partial charge is 0.407 e. The fourth-order valence-corrected chi connectivity index (χ4v) is 2.33. The molecular formula is C14H18N2O4. The summed E-state index contributed by atoms with van der Waals surface area (Å²) in [5, 5.41) is 21.2. The zero-order valence-corrected chi connectivity index (χ0v) is 11.1. The Kier molecular flexibility index (Phi) is 4.45. The average molecular weight is 278 g/mol. The summed E-state index contributed by atoms with van der Waals surface area (Å²) in [5.41, 5.74) is 0.260. The molecular weight excluding hydrogens is 260 g/mol. The van der Waals surface area contributed by atoms with E-state index in [2.05, 4.69) is 5.32 Å². The van der Waals surface area contributed by atoms with Crippen LogP contribution >= 0.6 is 0 Å². The molecule has 2 rings (SSSR count). The van der Waals surface area contributed by atoms with Gasteiger partial charge in [-0.15, -0.1) is 0 Å². The molecule has 1 heterocycles. The molecule has 0 aromatic heterocycles. The molecule has 1 aliphatic heterocycles. The number of carbonyl (C=O) groups is 2. The summed E-state index contributed by atoms with van der Waals surface area (Å²) in [6.07, 6.45) is 0.599. The first-order chi connectivity index (χ1) is 9.58. The van der Waals surface area contributed by atoms with E-state index in [0.717, 1.165) is 12.8 Å². The predicted octanol–water partition coefficient (Wildman–Crippen LogP) is 1.51. The molecule has 1 aliphatic rings. The van der Waals surface area contributed by atoms with E-state index in [9.17, 15) is 14.7 Å². The lowest BCUT2D eigenvalue weighted by molar-refractivity contribution is 0.0926. The first-order valence-corrected chi connectivity index (χ1v) is 6.62. The maximum absolute atomic E-state index is 11.9. The summed E-state index contributed by atoms with van der Waals surface area (Å²) in [6.45, 7) is 1.51. The van der Waals surface area contributed by atoms with Gasteiger partial charge in [-0.25, -0.2) is 4.79 Å². The van der Waals surface area contributed by atoms with Crippen molar-refractivity contribution in [2.45, 2.75) is 12.8 Å². The number of phenolic OH excluding ortho intramolecular Hbond substituents is 1. The van der Waals surface area contributed by atoms with E-state index in [4.69, 9.17) is 5.11 Å². The summed E-state index contributed by atoms with van der Waals surface area (Å²) in [7, 11) is 0. The van der Waals surface area contributed by atoms with Gasteiger partial charge < -0.3 is 20.4 Å². The van der Waals surface area contributed by atoms with Gasteiger partial charge in [-0.1, -0.05) is 12.1 Å². The summed E-state index contributed by atoms with van der Waals surface area (Å²) in [5.74, 6) is -0.0603. The molecule has 1 aromatic rings. The van der Waals surface area contributed by atoms with Gasteiger partial charge in [0.25, 0.3) is 5.91 Å². The van der Waals surface area contributed by atoms with Crippen LogP contribution in [0.15, 0.2) is 24.3 Å². The number of nitrogens with one attached hydrogen (secondary N) is 1. The van der Waals surface area contributed by atoms with Crippen molar-refractivity contribution in [3.8, 4) is 5.75 Å². The van der Waals surface area contributed by atoms with Crippen LogP contribution < -0.4 is 5.32 Å². The number of para-hydroxylation sites is 1. The number of piperidine rings is 1. The number of likely N-dealkylation sites (tertiary alicyclic amines) is 1. The van der Waals surface area contributed by atoms with Gasteiger partial charge in [0.2, 0.25) is 0 Å². The second-order valence-corrected chi connectivity index (χ2v) is 4.94. The van der Waals surface area contributed by atoms with Crippen LogP contribution in [-0.2, 0) is 0 Å². The molecule has 0 spiro atoms. The Morgan fingerprint density at radius 3 is 2.50 bits per heavy atom. The Balaban J connectivity index is 1.80. The van der Waals surface area contributed by atoms with Crippen LogP contribution in [0.2, 0.25) is 0 Å². The molecule has 1 aromatic carbocycles. The second kappa shape index (κ2) is 6.27. The summed E-state index contributed by atoms with van der Waals surface area (Å²) in [6, 6.07) is 6.39. The van der Waals surface area contributed by atoms with E-state index in [1.54, 1.807) is 18.2 Å². The standard InChI is InChI=1S/C14H18N2O4/c17-12-4-2-1-3-11(12)13(18)15-9-10-5-7-16(8-6-10)14(19)20/h1-4,10,17H,5-9H2,(H,15,18)(H,19,20). The minimum atomic E-state index is -0.887. The molecule has 0 aliphatic carbocycles.